The van der Waals surface area contributed by atoms with Gasteiger partial charge >= 0.3 is 5.97 Å². The van der Waals surface area contributed by atoms with E-state index in [2.05, 4.69) is 0 Å². The molecule has 110 valence electrons. The Kier molecular flexibility index (Phi) is 5.06. The molecule has 1 fully saturated rings. The van der Waals surface area contributed by atoms with E-state index in [-0.39, 0.29) is 13.2 Å². The van der Waals surface area contributed by atoms with Crippen LogP contribution >= 0.6 is 0 Å². The number of esters is 1. The summed E-state index contributed by atoms with van der Waals surface area (Å²) in [5.41, 5.74) is 1.06. The Hall–Kier alpha value is -1.49. The third kappa shape index (κ3) is 3.54. The van der Waals surface area contributed by atoms with Crippen LogP contribution < -0.4 is 0 Å². The summed E-state index contributed by atoms with van der Waals surface area (Å²) in [5.74, 6) is -2.16. The van der Waals surface area contributed by atoms with Gasteiger partial charge < -0.3 is 4.74 Å². The van der Waals surface area contributed by atoms with Crippen LogP contribution in [-0.2, 0) is 16.1 Å². The molecule has 0 N–H and O–H groups in total. The highest BCUT2D eigenvalue weighted by atomic mass is 19.3. The first-order valence-electron chi connectivity index (χ1n) is 6.83. The smallest absolute Gasteiger partial charge is 0.310 e. The van der Waals surface area contributed by atoms with Crippen LogP contribution in [0.5, 0.6) is 0 Å². The van der Waals surface area contributed by atoms with E-state index in [1.807, 2.05) is 35.2 Å². The average Bonchev–Trinajstić information content (AvgIpc) is 2.84. The zero-order valence-electron chi connectivity index (χ0n) is 11.5. The molecule has 0 aromatic heterocycles. The number of halogens is 2. The van der Waals surface area contributed by atoms with Crippen LogP contribution in [0.3, 0.4) is 0 Å². The molecule has 0 amide bonds. The second-order valence-corrected chi connectivity index (χ2v) is 5.04. The molecule has 1 aliphatic rings. The van der Waals surface area contributed by atoms with Crippen molar-refractivity contribution in [3.05, 3.63) is 35.9 Å². The molecule has 0 unspecified atom stereocenters. The van der Waals surface area contributed by atoms with Gasteiger partial charge in [-0.25, -0.2) is 8.78 Å². The summed E-state index contributed by atoms with van der Waals surface area (Å²) in [6, 6.07) is 9.65. The summed E-state index contributed by atoms with van der Waals surface area (Å²) in [4.78, 5) is 13.7. The van der Waals surface area contributed by atoms with Crippen LogP contribution in [-0.4, -0.2) is 37.0 Å². The molecule has 1 heterocycles. The van der Waals surface area contributed by atoms with Gasteiger partial charge in [-0.1, -0.05) is 30.3 Å². The van der Waals surface area contributed by atoms with E-state index in [1.54, 1.807) is 6.92 Å². The lowest BCUT2D eigenvalue weighted by Gasteiger charge is -2.15. The molecular formula is C15H19F2NO2. The Labute approximate surface area is 117 Å². The number of rotatable bonds is 5. The number of hydrogen-bond acceptors (Lipinski definition) is 3. The van der Waals surface area contributed by atoms with Gasteiger partial charge in [0.15, 0.2) is 0 Å². The molecular weight excluding hydrogens is 264 g/mol. The van der Waals surface area contributed by atoms with Gasteiger partial charge in [-0.15, -0.1) is 0 Å². The zero-order valence-corrected chi connectivity index (χ0v) is 11.5. The fourth-order valence-electron chi connectivity index (χ4n) is 2.64. The van der Waals surface area contributed by atoms with Gasteiger partial charge in [0.05, 0.1) is 12.5 Å². The molecule has 5 heteroatoms. The summed E-state index contributed by atoms with van der Waals surface area (Å²) in [6.07, 6.45) is -2.50. The Morgan fingerprint density at radius 1 is 1.35 bits per heavy atom. The molecule has 0 bridgehead atoms. The van der Waals surface area contributed by atoms with E-state index in [4.69, 9.17) is 4.74 Å². The van der Waals surface area contributed by atoms with E-state index in [9.17, 15) is 13.6 Å². The second-order valence-electron chi connectivity index (χ2n) is 5.04. The van der Waals surface area contributed by atoms with Gasteiger partial charge in [-0.2, -0.15) is 0 Å². The lowest BCUT2D eigenvalue weighted by atomic mass is 9.97. The minimum Gasteiger partial charge on any atom is -0.466 e. The normalized spacial score (nSPS) is 23.2. The lowest BCUT2D eigenvalue weighted by Crippen LogP contribution is -2.29. The molecule has 1 aromatic rings. The standard InChI is InChI=1S/C15H19F2NO2/c1-2-20-15(19)13-10-18(9-12(13)14(16)17)8-11-6-4-3-5-7-11/h3-7,12-14H,2,8-10H2,1H3/t12-,13-/m0/s1. The van der Waals surface area contributed by atoms with Gasteiger partial charge in [0, 0.05) is 25.6 Å². The Balaban J connectivity index is 2.02. The molecule has 1 aromatic carbocycles. The van der Waals surface area contributed by atoms with Gasteiger partial charge in [-0.05, 0) is 12.5 Å². The summed E-state index contributed by atoms with van der Waals surface area (Å²) < 4.78 is 31.0. The zero-order chi connectivity index (χ0) is 14.5. The van der Waals surface area contributed by atoms with Gasteiger partial charge in [0.1, 0.15) is 0 Å². The monoisotopic (exact) mass is 283 g/mol. The third-order valence-corrected chi connectivity index (χ3v) is 3.60. The number of hydrogen-bond donors (Lipinski definition) is 0. The molecule has 1 aliphatic heterocycles. The first-order valence-corrected chi connectivity index (χ1v) is 6.83. The fourth-order valence-corrected chi connectivity index (χ4v) is 2.64. The topological polar surface area (TPSA) is 29.5 Å². The van der Waals surface area contributed by atoms with Crippen molar-refractivity contribution >= 4 is 5.97 Å². The van der Waals surface area contributed by atoms with Gasteiger partial charge in [0.25, 0.3) is 0 Å². The molecule has 2 atom stereocenters. The number of benzene rings is 1. The minimum absolute atomic E-state index is 0.226. The Morgan fingerprint density at radius 3 is 2.65 bits per heavy atom. The summed E-state index contributed by atoms with van der Waals surface area (Å²) in [6.45, 7) is 3.06. The van der Waals surface area contributed by atoms with Crippen LogP contribution in [0.1, 0.15) is 12.5 Å². The number of likely N-dealkylation sites (tertiary alicyclic amines) is 1. The SMILES string of the molecule is CCOC(=O)[C@H]1CN(Cc2ccccc2)C[C@@H]1C(F)F. The average molecular weight is 283 g/mol. The van der Waals surface area contributed by atoms with Crippen molar-refractivity contribution in [1.29, 1.82) is 0 Å². The van der Waals surface area contributed by atoms with E-state index in [0.29, 0.717) is 13.1 Å². The van der Waals surface area contributed by atoms with Gasteiger partial charge in [-0.3, -0.25) is 9.69 Å². The molecule has 0 spiro atoms. The highest BCUT2D eigenvalue weighted by molar-refractivity contribution is 5.73. The minimum atomic E-state index is -2.50. The quantitative estimate of drug-likeness (QED) is 0.778. The van der Waals surface area contributed by atoms with Crippen LogP contribution in [0.2, 0.25) is 0 Å². The molecule has 1 saturated heterocycles. The fraction of sp³-hybridized carbons (Fsp3) is 0.533. The van der Waals surface area contributed by atoms with Crippen molar-refractivity contribution in [1.82, 2.24) is 4.90 Å². The van der Waals surface area contributed by atoms with Crippen molar-refractivity contribution in [2.24, 2.45) is 11.8 Å². The number of ether oxygens (including phenoxy) is 1. The van der Waals surface area contributed by atoms with Crippen LogP contribution in [0.4, 0.5) is 8.78 Å². The molecule has 3 nitrogen and oxygen atoms in total. The van der Waals surface area contributed by atoms with E-state index in [1.165, 1.54) is 0 Å². The number of carbonyl (C=O) groups is 1. The van der Waals surface area contributed by atoms with Crippen molar-refractivity contribution < 1.29 is 18.3 Å². The Bertz CT molecular complexity index is 439. The van der Waals surface area contributed by atoms with Crippen molar-refractivity contribution in [3.8, 4) is 0 Å². The van der Waals surface area contributed by atoms with Gasteiger partial charge in [0.2, 0.25) is 6.43 Å². The summed E-state index contributed by atoms with van der Waals surface area (Å²) >= 11 is 0. The Morgan fingerprint density at radius 2 is 2.05 bits per heavy atom. The largest absolute Gasteiger partial charge is 0.466 e. The molecule has 2 rings (SSSR count). The number of nitrogens with zero attached hydrogens (tertiary/aromatic N) is 1. The molecule has 0 radical (unpaired) electrons. The number of carbonyl (C=O) groups excluding carboxylic acids is 1. The maximum atomic E-state index is 13.1. The molecule has 20 heavy (non-hydrogen) atoms. The van der Waals surface area contributed by atoms with Crippen LogP contribution in [0, 0.1) is 11.8 Å². The number of alkyl halides is 2. The second kappa shape index (κ2) is 6.79. The highest BCUT2D eigenvalue weighted by Crippen LogP contribution is 2.30. The van der Waals surface area contributed by atoms with Crippen molar-refractivity contribution in [3.63, 3.8) is 0 Å². The van der Waals surface area contributed by atoms with E-state index >= 15 is 0 Å². The van der Waals surface area contributed by atoms with Crippen LogP contribution in [0.15, 0.2) is 30.3 Å². The highest BCUT2D eigenvalue weighted by Gasteiger charge is 2.43. The predicted octanol–water partition coefficient (Wildman–Crippen LogP) is 2.56. The maximum Gasteiger partial charge on any atom is 0.310 e. The van der Waals surface area contributed by atoms with Crippen molar-refractivity contribution in [2.75, 3.05) is 19.7 Å². The first-order chi connectivity index (χ1) is 9.61. The molecule has 0 aliphatic carbocycles. The predicted molar refractivity (Wildman–Crippen MR) is 71.3 cm³/mol. The van der Waals surface area contributed by atoms with Crippen molar-refractivity contribution in [2.45, 2.75) is 19.9 Å². The van der Waals surface area contributed by atoms with E-state index in [0.717, 1.165) is 5.56 Å². The summed E-state index contributed by atoms with van der Waals surface area (Å²) in [7, 11) is 0. The third-order valence-electron chi connectivity index (χ3n) is 3.60. The van der Waals surface area contributed by atoms with E-state index < -0.39 is 24.2 Å². The van der Waals surface area contributed by atoms with Crippen LogP contribution in [0.25, 0.3) is 0 Å². The summed E-state index contributed by atoms with van der Waals surface area (Å²) in [5, 5.41) is 0. The molecule has 0 saturated carbocycles. The lowest BCUT2D eigenvalue weighted by molar-refractivity contribution is -0.150. The first kappa shape index (κ1) is 14.9. The maximum absolute atomic E-state index is 13.1.